The lowest BCUT2D eigenvalue weighted by Crippen LogP contribution is -2.47. The first-order chi connectivity index (χ1) is 9.40. The van der Waals surface area contributed by atoms with Gasteiger partial charge in [-0.3, -0.25) is 4.90 Å². The molecule has 0 fully saturated rings. The summed E-state index contributed by atoms with van der Waals surface area (Å²) in [7, 11) is 0. The molecule has 0 aromatic carbocycles. The van der Waals surface area contributed by atoms with Crippen LogP contribution in [-0.2, 0) is 4.74 Å². The van der Waals surface area contributed by atoms with Gasteiger partial charge in [0.25, 0.3) is 0 Å². The molecule has 1 amide bonds. The van der Waals surface area contributed by atoms with E-state index in [2.05, 4.69) is 17.5 Å². The molecule has 0 spiro atoms. The molecular weight excluding hydrogens is 254 g/mol. The first-order valence-corrected chi connectivity index (χ1v) is 7.29. The second-order valence-corrected chi connectivity index (χ2v) is 6.30. The maximum atomic E-state index is 12.3. The fourth-order valence-corrected chi connectivity index (χ4v) is 2.47. The summed E-state index contributed by atoms with van der Waals surface area (Å²) in [6.45, 7) is 6.97. The fourth-order valence-electron chi connectivity index (χ4n) is 2.47. The van der Waals surface area contributed by atoms with E-state index in [1.165, 1.54) is 5.57 Å². The number of nitrogens with two attached hydrogens (primary N) is 1. The normalized spacial score (nSPS) is 22.4. The number of carbonyl (C=O) groups excluding carboxylic acids is 1. The van der Waals surface area contributed by atoms with Crippen molar-refractivity contribution >= 4 is 6.09 Å². The van der Waals surface area contributed by atoms with E-state index in [0.29, 0.717) is 13.1 Å². The number of amides is 1. The monoisotopic (exact) mass is 279 g/mol. The van der Waals surface area contributed by atoms with E-state index in [1.807, 2.05) is 20.8 Å². The van der Waals surface area contributed by atoms with E-state index in [1.54, 1.807) is 4.90 Å². The van der Waals surface area contributed by atoms with Gasteiger partial charge in [0, 0.05) is 12.6 Å². The first kappa shape index (κ1) is 14.9. The zero-order valence-corrected chi connectivity index (χ0v) is 12.6. The zero-order valence-electron chi connectivity index (χ0n) is 12.6. The van der Waals surface area contributed by atoms with Crippen LogP contribution in [0.4, 0.5) is 4.79 Å². The molecule has 0 saturated heterocycles. The first-order valence-electron chi connectivity index (χ1n) is 7.29. The molecule has 1 unspecified atom stereocenters. The van der Waals surface area contributed by atoms with Crippen LogP contribution in [0, 0.1) is 0 Å². The summed E-state index contributed by atoms with van der Waals surface area (Å²) >= 11 is 0. The van der Waals surface area contributed by atoms with Crippen molar-refractivity contribution in [1.82, 2.24) is 10.2 Å². The Labute approximate surface area is 120 Å². The SMILES string of the molecule is CC(C)(C)OC(=O)N1CCCC2=C1NC(CCN)C=C2. The highest BCUT2D eigenvalue weighted by Gasteiger charge is 2.30. The Morgan fingerprint density at radius 1 is 1.55 bits per heavy atom. The highest BCUT2D eigenvalue weighted by Crippen LogP contribution is 2.27. The number of nitrogens with zero attached hydrogens (tertiary/aromatic N) is 1. The van der Waals surface area contributed by atoms with Crippen molar-refractivity contribution in [2.75, 3.05) is 13.1 Å². The third kappa shape index (κ3) is 3.54. The molecule has 112 valence electrons. The number of hydrogen-bond donors (Lipinski definition) is 2. The van der Waals surface area contributed by atoms with Gasteiger partial charge >= 0.3 is 6.09 Å². The van der Waals surface area contributed by atoms with Gasteiger partial charge in [0.15, 0.2) is 0 Å². The molecule has 20 heavy (non-hydrogen) atoms. The van der Waals surface area contributed by atoms with E-state index >= 15 is 0 Å². The minimum absolute atomic E-state index is 0.196. The summed E-state index contributed by atoms with van der Waals surface area (Å²) < 4.78 is 5.49. The van der Waals surface area contributed by atoms with Crippen molar-refractivity contribution in [3.05, 3.63) is 23.5 Å². The highest BCUT2D eigenvalue weighted by atomic mass is 16.6. The second-order valence-electron chi connectivity index (χ2n) is 6.30. The van der Waals surface area contributed by atoms with Gasteiger partial charge in [-0.15, -0.1) is 0 Å². The molecule has 0 bridgehead atoms. The van der Waals surface area contributed by atoms with Crippen molar-refractivity contribution in [3.63, 3.8) is 0 Å². The maximum Gasteiger partial charge on any atom is 0.415 e. The molecule has 0 aromatic rings. The van der Waals surface area contributed by atoms with Gasteiger partial charge in [0.2, 0.25) is 0 Å². The number of carbonyl (C=O) groups is 1. The summed E-state index contributed by atoms with van der Waals surface area (Å²) in [5.74, 6) is 0.895. The third-order valence-corrected chi connectivity index (χ3v) is 3.35. The molecule has 5 nitrogen and oxygen atoms in total. The predicted molar refractivity (Wildman–Crippen MR) is 78.9 cm³/mol. The zero-order chi connectivity index (χ0) is 14.8. The number of ether oxygens (including phenoxy) is 1. The molecule has 5 heteroatoms. The van der Waals surface area contributed by atoms with Crippen LogP contribution in [-0.4, -0.2) is 35.7 Å². The molecular formula is C15H25N3O2. The predicted octanol–water partition coefficient (Wildman–Crippen LogP) is 2.11. The summed E-state index contributed by atoms with van der Waals surface area (Å²) in [5.41, 5.74) is 6.31. The van der Waals surface area contributed by atoms with Gasteiger partial charge < -0.3 is 15.8 Å². The minimum atomic E-state index is -0.476. The van der Waals surface area contributed by atoms with Gasteiger partial charge in [0.1, 0.15) is 11.4 Å². The quantitative estimate of drug-likeness (QED) is 0.812. The fraction of sp³-hybridized carbons (Fsp3) is 0.667. The van der Waals surface area contributed by atoms with Crippen LogP contribution in [0.5, 0.6) is 0 Å². The van der Waals surface area contributed by atoms with Crippen LogP contribution in [0.1, 0.15) is 40.0 Å². The van der Waals surface area contributed by atoms with Crippen LogP contribution in [0.15, 0.2) is 23.5 Å². The second kappa shape index (κ2) is 5.87. The molecule has 2 aliphatic heterocycles. The van der Waals surface area contributed by atoms with Gasteiger partial charge in [-0.05, 0) is 52.2 Å². The molecule has 0 aromatic heterocycles. The molecule has 2 aliphatic rings. The topological polar surface area (TPSA) is 67.6 Å². The third-order valence-electron chi connectivity index (χ3n) is 3.35. The minimum Gasteiger partial charge on any atom is -0.443 e. The molecule has 1 atom stereocenters. The van der Waals surface area contributed by atoms with Gasteiger partial charge in [-0.2, -0.15) is 0 Å². The highest BCUT2D eigenvalue weighted by molar-refractivity contribution is 5.71. The Morgan fingerprint density at radius 2 is 2.30 bits per heavy atom. The van der Waals surface area contributed by atoms with Crippen molar-refractivity contribution in [2.24, 2.45) is 5.73 Å². The van der Waals surface area contributed by atoms with Crippen LogP contribution in [0.2, 0.25) is 0 Å². The molecule has 2 heterocycles. The van der Waals surface area contributed by atoms with Crippen molar-refractivity contribution in [1.29, 1.82) is 0 Å². The average Bonchev–Trinajstić information content (AvgIpc) is 2.36. The molecule has 2 rings (SSSR count). The summed E-state index contributed by atoms with van der Waals surface area (Å²) in [6.07, 6.45) is 6.78. The molecule has 3 N–H and O–H groups in total. The van der Waals surface area contributed by atoms with E-state index in [-0.39, 0.29) is 12.1 Å². The average molecular weight is 279 g/mol. The Bertz CT molecular complexity index is 435. The van der Waals surface area contributed by atoms with Gasteiger partial charge in [-0.25, -0.2) is 4.79 Å². The largest absolute Gasteiger partial charge is 0.443 e. The molecule has 0 aliphatic carbocycles. The number of dihydropyridines is 1. The number of allylic oxidation sites excluding steroid dienone is 2. The van der Waals surface area contributed by atoms with Crippen LogP contribution in [0.3, 0.4) is 0 Å². The van der Waals surface area contributed by atoms with E-state index in [9.17, 15) is 4.79 Å². The molecule has 0 saturated carbocycles. The van der Waals surface area contributed by atoms with Crippen LogP contribution < -0.4 is 11.1 Å². The van der Waals surface area contributed by atoms with Crippen molar-refractivity contribution in [3.8, 4) is 0 Å². The smallest absolute Gasteiger partial charge is 0.415 e. The van der Waals surface area contributed by atoms with Gasteiger partial charge in [-0.1, -0.05) is 12.2 Å². The maximum absolute atomic E-state index is 12.3. The van der Waals surface area contributed by atoms with Crippen molar-refractivity contribution in [2.45, 2.75) is 51.7 Å². The Kier molecular flexibility index (Phi) is 4.38. The van der Waals surface area contributed by atoms with E-state index in [0.717, 1.165) is 25.1 Å². The van der Waals surface area contributed by atoms with E-state index in [4.69, 9.17) is 10.5 Å². The summed E-state index contributed by atoms with van der Waals surface area (Å²) in [6, 6.07) is 0.196. The summed E-state index contributed by atoms with van der Waals surface area (Å²) in [4.78, 5) is 14.0. The number of nitrogens with one attached hydrogen (secondary N) is 1. The lowest BCUT2D eigenvalue weighted by atomic mass is 9.99. The molecule has 0 radical (unpaired) electrons. The Hall–Kier alpha value is -1.49. The van der Waals surface area contributed by atoms with Crippen molar-refractivity contribution < 1.29 is 9.53 Å². The van der Waals surface area contributed by atoms with Crippen LogP contribution >= 0.6 is 0 Å². The van der Waals surface area contributed by atoms with E-state index < -0.39 is 5.60 Å². The van der Waals surface area contributed by atoms with Crippen LogP contribution in [0.25, 0.3) is 0 Å². The summed E-state index contributed by atoms with van der Waals surface area (Å²) in [5, 5.41) is 3.41. The number of hydrogen-bond acceptors (Lipinski definition) is 4. The standard InChI is InChI=1S/C15H25N3O2/c1-15(2,3)20-14(19)18-10-4-5-11-6-7-12(8-9-16)17-13(11)18/h6-7,12,17H,4-5,8-10,16H2,1-3H3. The van der Waals surface area contributed by atoms with Gasteiger partial charge in [0.05, 0.1) is 0 Å². The lowest BCUT2D eigenvalue weighted by molar-refractivity contribution is 0.0284. The lowest BCUT2D eigenvalue weighted by Gasteiger charge is -2.36. The Morgan fingerprint density at radius 3 is 2.95 bits per heavy atom. The number of rotatable bonds is 2. The Balaban J connectivity index is 2.13.